The van der Waals surface area contributed by atoms with E-state index in [4.69, 9.17) is 0 Å². The molecule has 1 aromatic carbocycles. The minimum Gasteiger partial charge on any atom is -0.314 e. The molecule has 5 rings (SSSR count). The van der Waals surface area contributed by atoms with Crippen molar-refractivity contribution in [2.24, 2.45) is 0 Å². The van der Waals surface area contributed by atoms with Crippen molar-refractivity contribution in [3.05, 3.63) is 80.2 Å². The Hall–Kier alpha value is -2.84. The van der Waals surface area contributed by atoms with Crippen LogP contribution in [0.15, 0.2) is 41.5 Å². The Bertz CT molecular complexity index is 1350. The van der Waals surface area contributed by atoms with E-state index >= 15 is 0 Å². The second-order valence-corrected chi connectivity index (χ2v) is 9.93. The highest BCUT2D eigenvalue weighted by atomic mass is 32.1. The monoisotopic (exact) mass is 465 g/mol. The first-order chi connectivity index (χ1) is 16.0. The number of hydrogen-bond donors (Lipinski definition) is 1. The number of thiophene rings is 1. The maximum Gasteiger partial charge on any atom is 0.262 e. The molecular weight excluding hydrogens is 437 g/mol. The van der Waals surface area contributed by atoms with Crippen LogP contribution in [0.1, 0.15) is 40.2 Å². The smallest absolute Gasteiger partial charge is 0.262 e. The Morgan fingerprint density at radius 2 is 2.12 bits per heavy atom. The summed E-state index contributed by atoms with van der Waals surface area (Å²) < 4.78 is 17.7. The van der Waals surface area contributed by atoms with Crippen molar-refractivity contribution in [1.82, 2.24) is 24.6 Å². The molecule has 0 aliphatic heterocycles. The van der Waals surface area contributed by atoms with Crippen molar-refractivity contribution in [1.29, 1.82) is 0 Å². The summed E-state index contributed by atoms with van der Waals surface area (Å²) in [5.41, 5.74) is 3.82. The number of nitrogens with zero attached hydrogens (tertiary/aromatic N) is 4. The van der Waals surface area contributed by atoms with Gasteiger partial charge in [0.1, 0.15) is 10.6 Å². The van der Waals surface area contributed by atoms with Gasteiger partial charge in [-0.05, 0) is 63.8 Å². The predicted octanol–water partition coefficient (Wildman–Crippen LogP) is 4.00. The van der Waals surface area contributed by atoms with Crippen LogP contribution in [0.4, 0.5) is 4.39 Å². The third kappa shape index (κ3) is 4.50. The van der Waals surface area contributed by atoms with E-state index in [0.29, 0.717) is 11.6 Å². The first-order valence-electron chi connectivity index (χ1n) is 11.5. The summed E-state index contributed by atoms with van der Waals surface area (Å²) in [7, 11) is 0. The van der Waals surface area contributed by atoms with E-state index in [0.717, 1.165) is 60.2 Å². The zero-order valence-electron chi connectivity index (χ0n) is 19.0. The Kier molecular flexibility index (Phi) is 6.12. The maximum absolute atomic E-state index is 14.1. The van der Waals surface area contributed by atoms with Gasteiger partial charge in [-0.2, -0.15) is 5.10 Å². The van der Waals surface area contributed by atoms with Crippen LogP contribution in [0.25, 0.3) is 10.2 Å². The van der Waals surface area contributed by atoms with Crippen molar-refractivity contribution in [3.8, 4) is 0 Å². The van der Waals surface area contributed by atoms with Crippen molar-refractivity contribution < 1.29 is 4.39 Å². The fraction of sp³-hybridized carbons (Fsp3) is 0.400. The summed E-state index contributed by atoms with van der Waals surface area (Å²) in [5.74, 6) is -0.302. The van der Waals surface area contributed by atoms with Gasteiger partial charge in [0, 0.05) is 28.7 Å². The topological polar surface area (TPSA) is 64.7 Å². The quantitative estimate of drug-likeness (QED) is 0.419. The van der Waals surface area contributed by atoms with Gasteiger partial charge in [-0.25, -0.2) is 9.37 Å². The zero-order valence-corrected chi connectivity index (χ0v) is 19.8. The first-order valence-corrected chi connectivity index (χ1v) is 12.3. The number of aryl methyl sites for hydroxylation is 4. The third-order valence-corrected chi connectivity index (χ3v) is 7.58. The maximum atomic E-state index is 14.1. The summed E-state index contributed by atoms with van der Waals surface area (Å²) in [6.45, 7) is 6.17. The van der Waals surface area contributed by atoms with E-state index in [1.54, 1.807) is 35.9 Å². The van der Waals surface area contributed by atoms with Crippen LogP contribution in [-0.2, 0) is 25.9 Å². The van der Waals surface area contributed by atoms with Gasteiger partial charge < -0.3 is 5.32 Å². The molecule has 0 saturated carbocycles. The number of rotatable bonds is 7. The molecule has 1 unspecified atom stereocenters. The number of benzene rings is 1. The molecule has 0 radical (unpaired) electrons. The van der Waals surface area contributed by atoms with E-state index in [2.05, 4.69) is 33.1 Å². The first kappa shape index (κ1) is 22.0. The average molecular weight is 466 g/mol. The van der Waals surface area contributed by atoms with Crippen LogP contribution >= 0.6 is 11.3 Å². The third-order valence-electron chi connectivity index (χ3n) is 6.42. The molecule has 1 N–H and O–H groups in total. The highest BCUT2D eigenvalue weighted by Gasteiger charge is 2.25. The molecule has 3 aromatic heterocycles. The summed E-state index contributed by atoms with van der Waals surface area (Å²) in [6.07, 6.45) is 5.36. The Balaban J connectivity index is 1.26. The van der Waals surface area contributed by atoms with Crippen molar-refractivity contribution in [3.63, 3.8) is 0 Å². The van der Waals surface area contributed by atoms with Crippen LogP contribution in [-0.4, -0.2) is 31.9 Å². The Morgan fingerprint density at radius 3 is 2.91 bits per heavy atom. The largest absolute Gasteiger partial charge is 0.314 e. The van der Waals surface area contributed by atoms with E-state index in [1.807, 2.05) is 6.92 Å². The lowest BCUT2D eigenvalue weighted by Gasteiger charge is -2.23. The molecule has 0 spiro atoms. The number of fused-ring (bicyclic) bond motifs is 3. The molecule has 8 heteroatoms. The van der Waals surface area contributed by atoms with Gasteiger partial charge >= 0.3 is 0 Å². The molecule has 1 aliphatic carbocycles. The zero-order chi connectivity index (χ0) is 22.9. The van der Waals surface area contributed by atoms with Crippen LogP contribution in [0.5, 0.6) is 0 Å². The Morgan fingerprint density at radius 1 is 1.27 bits per heavy atom. The molecule has 33 heavy (non-hydrogen) atoms. The standard InChI is InChI=1S/C25H28FN5OS/c1-16-12-17(2)31(29-16)11-5-10-27-19-8-9-20-22(13-19)33-24-23(20)25(32)30(15-28-24)14-18-6-3-4-7-21(18)26/h3-4,6-7,12,15,19,27H,5,8-11,13-14H2,1-2H3. The van der Waals surface area contributed by atoms with Gasteiger partial charge in [0.15, 0.2) is 0 Å². The molecule has 0 bridgehead atoms. The fourth-order valence-corrected chi connectivity index (χ4v) is 5.99. The van der Waals surface area contributed by atoms with Crippen LogP contribution < -0.4 is 10.9 Å². The van der Waals surface area contributed by atoms with E-state index in [9.17, 15) is 9.18 Å². The second-order valence-electron chi connectivity index (χ2n) is 8.85. The van der Waals surface area contributed by atoms with Gasteiger partial charge in [-0.15, -0.1) is 11.3 Å². The summed E-state index contributed by atoms with van der Waals surface area (Å²) in [5, 5.41) is 8.93. The lowest BCUT2D eigenvalue weighted by atomic mass is 9.93. The van der Waals surface area contributed by atoms with Gasteiger partial charge in [0.2, 0.25) is 0 Å². The molecule has 1 aliphatic rings. The Labute approximate surface area is 196 Å². The molecule has 4 aromatic rings. The number of hydrogen-bond acceptors (Lipinski definition) is 5. The van der Waals surface area contributed by atoms with Crippen molar-refractivity contribution in [2.45, 2.75) is 58.7 Å². The minimum absolute atomic E-state index is 0.0722. The SMILES string of the molecule is Cc1cc(C)n(CCCNC2CCc3c(sc4ncn(Cc5ccccc5F)c(=O)c34)C2)n1. The molecule has 3 heterocycles. The van der Waals surface area contributed by atoms with Crippen molar-refractivity contribution >= 4 is 21.6 Å². The normalized spacial score (nSPS) is 15.8. The van der Waals surface area contributed by atoms with Gasteiger partial charge in [0.25, 0.3) is 5.56 Å². The lowest BCUT2D eigenvalue weighted by Crippen LogP contribution is -2.35. The lowest BCUT2D eigenvalue weighted by molar-refractivity contribution is 0.441. The molecular formula is C25H28FN5OS. The van der Waals surface area contributed by atoms with E-state index in [1.165, 1.54) is 21.2 Å². The average Bonchev–Trinajstić information content (AvgIpc) is 3.33. The predicted molar refractivity (Wildman–Crippen MR) is 130 cm³/mol. The van der Waals surface area contributed by atoms with Gasteiger partial charge in [-0.1, -0.05) is 18.2 Å². The van der Waals surface area contributed by atoms with Crippen LogP contribution in [0.3, 0.4) is 0 Å². The number of nitrogens with one attached hydrogen (secondary N) is 1. The number of aromatic nitrogens is 4. The van der Waals surface area contributed by atoms with E-state index in [-0.39, 0.29) is 17.9 Å². The minimum atomic E-state index is -0.302. The molecule has 172 valence electrons. The second kappa shape index (κ2) is 9.19. The van der Waals surface area contributed by atoms with E-state index < -0.39 is 0 Å². The summed E-state index contributed by atoms with van der Waals surface area (Å²) >= 11 is 1.62. The van der Waals surface area contributed by atoms with Crippen LogP contribution in [0, 0.1) is 19.7 Å². The molecule has 1 atom stereocenters. The highest BCUT2D eigenvalue weighted by molar-refractivity contribution is 7.18. The molecule has 0 fully saturated rings. The summed E-state index contributed by atoms with van der Waals surface area (Å²) in [4.78, 5) is 19.8. The van der Waals surface area contributed by atoms with Crippen LogP contribution in [0.2, 0.25) is 0 Å². The summed E-state index contributed by atoms with van der Waals surface area (Å²) in [6, 6.07) is 9.08. The van der Waals surface area contributed by atoms with Gasteiger partial charge in [-0.3, -0.25) is 14.0 Å². The molecule has 0 saturated heterocycles. The fourth-order valence-electron chi connectivity index (χ4n) is 4.73. The highest BCUT2D eigenvalue weighted by Crippen LogP contribution is 2.33. The van der Waals surface area contributed by atoms with Gasteiger partial charge in [0.05, 0.1) is 24.0 Å². The molecule has 6 nitrogen and oxygen atoms in total. The number of halogens is 1. The molecule has 0 amide bonds. The van der Waals surface area contributed by atoms with Crippen molar-refractivity contribution in [2.75, 3.05) is 6.54 Å².